The summed E-state index contributed by atoms with van der Waals surface area (Å²) in [6.45, 7) is 3.78. The third kappa shape index (κ3) is 4.08. The fourth-order valence-electron chi connectivity index (χ4n) is 1.41. The lowest BCUT2D eigenvalue weighted by molar-refractivity contribution is -0.162. The molecule has 0 aromatic rings. The van der Waals surface area contributed by atoms with E-state index in [2.05, 4.69) is 0 Å². The molecule has 0 rings (SSSR count). The lowest BCUT2D eigenvalue weighted by Crippen LogP contribution is -2.61. The number of Topliss-reactive ketones (excluding diaryl/α,β-unsaturated/α-hetero) is 1. The van der Waals surface area contributed by atoms with E-state index >= 15 is 0 Å². The Kier molecular flexibility index (Phi) is 6.43. The molecular formula is C11H20N4O5. The lowest BCUT2D eigenvalue weighted by Gasteiger charge is -2.29. The molecule has 20 heavy (non-hydrogen) atoms. The Morgan fingerprint density at radius 1 is 0.850 bits per heavy atom. The molecule has 0 saturated carbocycles. The monoisotopic (exact) mass is 288 g/mol. The van der Waals surface area contributed by atoms with E-state index in [1.807, 2.05) is 0 Å². The number of nitrogens with two attached hydrogens (primary N) is 3. The van der Waals surface area contributed by atoms with Gasteiger partial charge in [0.05, 0.1) is 18.1 Å². The SMILES string of the molecule is C[C@H](N)C(=O)C(C(=O)O)N(C(=O)[C@H](C)N)C(=O)[C@H](C)N. The fraction of sp³-hybridized carbons (Fsp3) is 0.636. The number of carbonyl (C=O) groups is 4. The number of imide groups is 1. The molecule has 0 aliphatic carbocycles. The number of carboxylic acids is 1. The van der Waals surface area contributed by atoms with Gasteiger partial charge in [-0.1, -0.05) is 0 Å². The van der Waals surface area contributed by atoms with Crippen LogP contribution in [0.5, 0.6) is 0 Å². The molecule has 0 aromatic heterocycles. The van der Waals surface area contributed by atoms with Crippen LogP contribution in [0.1, 0.15) is 20.8 Å². The van der Waals surface area contributed by atoms with E-state index < -0.39 is 47.7 Å². The van der Waals surface area contributed by atoms with Gasteiger partial charge in [-0.2, -0.15) is 0 Å². The number of hydrogen-bond acceptors (Lipinski definition) is 7. The van der Waals surface area contributed by atoms with Crippen LogP contribution in [-0.2, 0) is 19.2 Å². The highest BCUT2D eigenvalue weighted by Gasteiger charge is 2.42. The molecule has 0 bridgehead atoms. The van der Waals surface area contributed by atoms with Crippen LogP contribution in [0.3, 0.4) is 0 Å². The highest BCUT2D eigenvalue weighted by molar-refractivity contribution is 6.13. The highest BCUT2D eigenvalue weighted by atomic mass is 16.4. The van der Waals surface area contributed by atoms with Crippen LogP contribution in [0.25, 0.3) is 0 Å². The molecule has 9 heteroatoms. The van der Waals surface area contributed by atoms with Crippen LogP contribution in [0.4, 0.5) is 0 Å². The molecule has 0 aliphatic rings. The molecule has 1 unspecified atom stereocenters. The second-order valence-corrected chi connectivity index (χ2v) is 4.56. The molecule has 0 fully saturated rings. The summed E-state index contributed by atoms with van der Waals surface area (Å²) in [4.78, 5) is 47.2. The molecular weight excluding hydrogens is 268 g/mol. The van der Waals surface area contributed by atoms with E-state index in [1.54, 1.807) is 0 Å². The quantitative estimate of drug-likeness (QED) is 0.385. The topological polar surface area (TPSA) is 170 Å². The van der Waals surface area contributed by atoms with Crippen LogP contribution in [0.2, 0.25) is 0 Å². The summed E-state index contributed by atoms with van der Waals surface area (Å²) < 4.78 is 0. The molecule has 2 amide bonds. The summed E-state index contributed by atoms with van der Waals surface area (Å²) in [6, 6.07) is -5.53. The molecule has 7 N–H and O–H groups in total. The normalized spacial score (nSPS) is 16.7. The van der Waals surface area contributed by atoms with Crippen LogP contribution < -0.4 is 17.2 Å². The predicted octanol–water partition coefficient (Wildman–Crippen LogP) is -2.59. The van der Waals surface area contributed by atoms with Crippen molar-refractivity contribution in [1.82, 2.24) is 4.90 Å². The molecule has 0 aromatic carbocycles. The maximum absolute atomic E-state index is 11.9. The Morgan fingerprint density at radius 2 is 1.20 bits per heavy atom. The third-order valence-electron chi connectivity index (χ3n) is 2.46. The van der Waals surface area contributed by atoms with Crippen LogP contribution in [0.15, 0.2) is 0 Å². The van der Waals surface area contributed by atoms with Gasteiger partial charge < -0.3 is 22.3 Å². The zero-order valence-corrected chi connectivity index (χ0v) is 11.6. The van der Waals surface area contributed by atoms with Crippen LogP contribution in [-0.4, -0.2) is 57.7 Å². The van der Waals surface area contributed by atoms with E-state index in [0.29, 0.717) is 0 Å². The Labute approximate surface area is 116 Å². The summed E-state index contributed by atoms with van der Waals surface area (Å²) in [5.74, 6) is -4.67. The van der Waals surface area contributed by atoms with E-state index in [-0.39, 0.29) is 4.90 Å². The summed E-state index contributed by atoms with van der Waals surface area (Å²) in [5, 5.41) is 9.12. The number of rotatable bonds is 6. The first kappa shape index (κ1) is 18.2. The average Bonchev–Trinajstić information content (AvgIpc) is 2.32. The second-order valence-electron chi connectivity index (χ2n) is 4.56. The van der Waals surface area contributed by atoms with Crippen molar-refractivity contribution in [2.75, 3.05) is 0 Å². The minimum atomic E-state index is -2.04. The van der Waals surface area contributed by atoms with Crippen LogP contribution in [0, 0.1) is 0 Å². The van der Waals surface area contributed by atoms with Gasteiger partial charge in [-0.15, -0.1) is 0 Å². The first-order valence-electron chi connectivity index (χ1n) is 5.92. The second kappa shape index (κ2) is 7.08. The Hall–Kier alpha value is -1.84. The van der Waals surface area contributed by atoms with Crippen molar-refractivity contribution in [3.05, 3.63) is 0 Å². The minimum absolute atomic E-state index is 0.281. The van der Waals surface area contributed by atoms with Crippen molar-refractivity contribution in [3.63, 3.8) is 0 Å². The zero-order valence-electron chi connectivity index (χ0n) is 11.6. The number of carboxylic acid groups (broad SMARTS) is 1. The van der Waals surface area contributed by atoms with E-state index in [0.717, 1.165) is 0 Å². The van der Waals surface area contributed by atoms with Gasteiger partial charge in [-0.05, 0) is 20.8 Å². The number of hydrogen-bond donors (Lipinski definition) is 4. The first-order valence-corrected chi connectivity index (χ1v) is 5.92. The van der Waals surface area contributed by atoms with Gasteiger partial charge in [-0.25, -0.2) is 4.79 Å². The number of amides is 2. The summed E-state index contributed by atoms with van der Waals surface area (Å²) in [5.41, 5.74) is 16.1. The van der Waals surface area contributed by atoms with Crippen molar-refractivity contribution >= 4 is 23.6 Å². The fourth-order valence-corrected chi connectivity index (χ4v) is 1.41. The number of carbonyl (C=O) groups excluding carboxylic acids is 3. The highest BCUT2D eigenvalue weighted by Crippen LogP contribution is 2.09. The number of nitrogens with zero attached hydrogens (tertiary/aromatic N) is 1. The van der Waals surface area contributed by atoms with E-state index in [4.69, 9.17) is 22.3 Å². The number of ketones is 1. The van der Waals surface area contributed by atoms with Crippen molar-refractivity contribution in [2.45, 2.75) is 44.9 Å². The Balaban J connectivity index is 5.79. The average molecular weight is 288 g/mol. The van der Waals surface area contributed by atoms with Gasteiger partial charge in [0.15, 0.2) is 11.8 Å². The molecule has 9 nitrogen and oxygen atoms in total. The largest absolute Gasteiger partial charge is 0.479 e. The first-order chi connectivity index (χ1) is 9.02. The van der Waals surface area contributed by atoms with E-state index in [1.165, 1.54) is 20.8 Å². The van der Waals surface area contributed by atoms with Gasteiger partial charge >= 0.3 is 5.97 Å². The summed E-state index contributed by atoms with van der Waals surface area (Å²) in [6.07, 6.45) is 0. The standard InChI is InChI=1S/C11H20N4O5/c1-4(12)8(16)7(11(19)20)15(9(17)5(2)13)10(18)6(3)14/h4-7H,12-14H2,1-3H3,(H,19,20)/t4-,5-,6-,7?/m0/s1. The molecule has 0 heterocycles. The van der Waals surface area contributed by atoms with Gasteiger partial charge in [0.2, 0.25) is 11.8 Å². The van der Waals surface area contributed by atoms with Crippen molar-refractivity contribution in [3.8, 4) is 0 Å². The van der Waals surface area contributed by atoms with Crippen LogP contribution >= 0.6 is 0 Å². The van der Waals surface area contributed by atoms with Gasteiger partial charge in [-0.3, -0.25) is 19.3 Å². The predicted molar refractivity (Wildman–Crippen MR) is 69.2 cm³/mol. The Morgan fingerprint density at radius 3 is 1.40 bits per heavy atom. The maximum Gasteiger partial charge on any atom is 0.334 e. The van der Waals surface area contributed by atoms with Crippen molar-refractivity contribution in [1.29, 1.82) is 0 Å². The molecule has 0 radical (unpaired) electrons. The van der Waals surface area contributed by atoms with Crippen molar-refractivity contribution < 1.29 is 24.3 Å². The minimum Gasteiger partial charge on any atom is -0.479 e. The smallest absolute Gasteiger partial charge is 0.334 e. The molecule has 114 valence electrons. The lowest BCUT2D eigenvalue weighted by atomic mass is 10.0. The summed E-state index contributed by atoms with van der Waals surface area (Å²) >= 11 is 0. The van der Waals surface area contributed by atoms with E-state index in [9.17, 15) is 19.2 Å². The molecule has 0 aliphatic heterocycles. The molecule has 4 atom stereocenters. The maximum atomic E-state index is 11.9. The molecule has 0 saturated heterocycles. The molecule has 0 spiro atoms. The third-order valence-corrected chi connectivity index (χ3v) is 2.46. The van der Waals surface area contributed by atoms with Gasteiger partial charge in [0.1, 0.15) is 0 Å². The zero-order chi connectivity index (χ0) is 16.2. The van der Waals surface area contributed by atoms with Gasteiger partial charge in [0.25, 0.3) is 0 Å². The Bertz CT molecular complexity index is 399. The number of aliphatic carboxylic acids is 1. The van der Waals surface area contributed by atoms with Crippen molar-refractivity contribution in [2.24, 2.45) is 17.2 Å². The van der Waals surface area contributed by atoms with Gasteiger partial charge in [0, 0.05) is 0 Å². The summed E-state index contributed by atoms with van der Waals surface area (Å²) in [7, 11) is 0.